The van der Waals surface area contributed by atoms with Gasteiger partial charge < -0.3 is 14.5 Å². The molecular formula is C21H23FN4O. The van der Waals surface area contributed by atoms with Crippen molar-refractivity contribution in [3.63, 3.8) is 0 Å². The van der Waals surface area contributed by atoms with E-state index in [4.69, 9.17) is 9.72 Å². The van der Waals surface area contributed by atoms with Gasteiger partial charge in [0, 0.05) is 26.2 Å². The molecule has 1 aromatic heterocycles. The molecule has 0 saturated carbocycles. The molecule has 6 heteroatoms. The molecule has 140 valence electrons. The number of hydrogen-bond acceptors (Lipinski definition) is 5. The van der Waals surface area contributed by atoms with Crippen molar-refractivity contribution in [3.05, 3.63) is 54.3 Å². The van der Waals surface area contributed by atoms with E-state index in [2.05, 4.69) is 21.7 Å². The van der Waals surface area contributed by atoms with Gasteiger partial charge in [0.05, 0.1) is 23.3 Å². The molecule has 1 fully saturated rings. The topological polar surface area (TPSA) is 41.5 Å². The van der Waals surface area contributed by atoms with Crippen LogP contribution in [-0.4, -0.2) is 42.8 Å². The summed E-state index contributed by atoms with van der Waals surface area (Å²) < 4.78 is 20.0. The van der Waals surface area contributed by atoms with Crippen LogP contribution in [-0.2, 0) is 0 Å². The second-order valence-corrected chi connectivity index (χ2v) is 6.62. The molecular weight excluding hydrogens is 343 g/mol. The zero-order chi connectivity index (χ0) is 18.6. The number of para-hydroxylation sites is 3. The summed E-state index contributed by atoms with van der Waals surface area (Å²) in [5.41, 5.74) is 2.34. The maximum absolute atomic E-state index is 14.1. The Hall–Kier alpha value is -2.89. The number of ether oxygens (including phenoxy) is 1. The van der Waals surface area contributed by atoms with E-state index < -0.39 is 0 Å². The van der Waals surface area contributed by atoms with E-state index in [-0.39, 0.29) is 5.82 Å². The normalized spacial score (nSPS) is 14.6. The lowest BCUT2D eigenvalue weighted by Gasteiger charge is -2.37. The van der Waals surface area contributed by atoms with E-state index in [9.17, 15) is 4.39 Å². The van der Waals surface area contributed by atoms with E-state index in [0.29, 0.717) is 18.2 Å². The number of nitrogens with zero attached hydrogens (tertiary/aromatic N) is 4. The molecule has 27 heavy (non-hydrogen) atoms. The van der Waals surface area contributed by atoms with Gasteiger partial charge in [-0.05, 0) is 30.7 Å². The van der Waals surface area contributed by atoms with Gasteiger partial charge in [-0.25, -0.2) is 14.4 Å². The van der Waals surface area contributed by atoms with E-state index in [1.165, 1.54) is 6.07 Å². The number of halogens is 1. The first-order valence-corrected chi connectivity index (χ1v) is 9.40. The summed E-state index contributed by atoms with van der Waals surface area (Å²) in [4.78, 5) is 13.8. The number of piperazine rings is 1. The Balaban J connectivity index is 1.58. The van der Waals surface area contributed by atoms with E-state index in [0.717, 1.165) is 49.5 Å². The van der Waals surface area contributed by atoms with Crippen molar-refractivity contribution in [1.29, 1.82) is 0 Å². The lowest BCUT2D eigenvalue weighted by Crippen LogP contribution is -2.47. The number of anilines is 2. The second kappa shape index (κ2) is 7.78. The first-order chi connectivity index (χ1) is 13.3. The third-order valence-corrected chi connectivity index (χ3v) is 4.74. The Morgan fingerprint density at radius 3 is 2.22 bits per heavy atom. The summed E-state index contributed by atoms with van der Waals surface area (Å²) in [6.07, 6.45) is 0.912. The van der Waals surface area contributed by atoms with Gasteiger partial charge >= 0.3 is 0 Å². The van der Waals surface area contributed by atoms with Crippen molar-refractivity contribution in [3.8, 4) is 5.88 Å². The van der Waals surface area contributed by atoms with Crippen molar-refractivity contribution >= 4 is 22.5 Å². The molecule has 4 rings (SSSR count). The molecule has 0 radical (unpaired) electrons. The highest BCUT2D eigenvalue weighted by atomic mass is 19.1. The zero-order valence-electron chi connectivity index (χ0n) is 15.4. The fraction of sp³-hybridized carbons (Fsp3) is 0.333. The van der Waals surface area contributed by atoms with Crippen LogP contribution in [0.25, 0.3) is 11.0 Å². The molecule has 0 aliphatic carbocycles. The van der Waals surface area contributed by atoms with Crippen molar-refractivity contribution in [2.45, 2.75) is 13.3 Å². The smallest absolute Gasteiger partial charge is 0.258 e. The van der Waals surface area contributed by atoms with Crippen molar-refractivity contribution in [2.24, 2.45) is 0 Å². The first-order valence-electron chi connectivity index (χ1n) is 9.40. The van der Waals surface area contributed by atoms with E-state index >= 15 is 0 Å². The molecule has 1 saturated heterocycles. The number of hydrogen-bond donors (Lipinski definition) is 0. The van der Waals surface area contributed by atoms with Gasteiger partial charge in [-0.15, -0.1) is 0 Å². The van der Waals surface area contributed by atoms with Crippen molar-refractivity contribution in [2.75, 3.05) is 42.6 Å². The average Bonchev–Trinajstić information content (AvgIpc) is 2.72. The standard InChI is InChI=1S/C21H23FN4O/c1-2-15-27-21-20(23-17-8-4-5-9-18(17)24-21)26-13-11-25(12-14-26)19-10-6-3-7-16(19)22/h3-10H,2,11-15H2,1H3. The summed E-state index contributed by atoms with van der Waals surface area (Å²) in [5.74, 6) is 1.17. The highest BCUT2D eigenvalue weighted by Gasteiger charge is 2.24. The minimum atomic E-state index is -0.177. The number of fused-ring (bicyclic) bond motifs is 1. The Morgan fingerprint density at radius 1 is 0.889 bits per heavy atom. The SMILES string of the molecule is CCCOc1nc2ccccc2nc1N1CCN(c2ccccc2F)CC1. The molecule has 0 atom stereocenters. The maximum atomic E-state index is 14.1. The van der Waals surface area contributed by atoms with E-state index in [1.54, 1.807) is 6.07 Å². The van der Waals surface area contributed by atoms with Gasteiger partial charge in [0.2, 0.25) is 0 Å². The van der Waals surface area contributed by atoms with Gasteiger partial charge in [-0.3, -0.25) is 0 Å². The third-order valence-electron chi connectivity index (χ3n) is 4.74. The Morgan fingerprint density at radius 2 is 1.52 bits per heavy atom. The zero-order valence-corrected chi connectivity index (χ0v) is 15.4. The summed E-state index contributed by atoms with van der Waals surface area (Å²) in [6, 6.07) is 14.8. The van der Waals surface area contributed by atoms with E-state index in [1.807, 2.05) is 36.4 Å². The van der Waals surface area contributed by atoms with Crippen LogP contribution in [0.4, 0.5) is 15.9 Å². The number of aromatic nitrogens is 2. The quantitative estimate of drug-likeness (QED) is 0.685. The first kappa shape index (κ1) is 17.5. The van der Waals surface area contributed by atoms with Crippen LogP contribution in [0.15, 0.2) is 48.5 Å². The average molecular weight is 366 g/mol. The largest absolute Gasteiger partial charge is 0.475 e. The van der Waals surface area contributed by atoms with Gasteiger partial charge in [-0.1, -0.05) is 31.2 Å². The fourth-order valence-corrected chi connectivity index (χ4v) is 3.34. The lowest BCUT2D eigenvalue weighted by molar-refractivity contribution is 0.305. The molecule has 5 nitrogen and oxygen atoms in total. The second-order valence-electron chi connectivity index (χ2n) is 6.62. The monoisotopic (exact) mass is 366 g/mol. The van der Waals surface area contributed by atoms with Gasteiger partial charge in [-0.2, -0.15) is 0 Å². The predicted octanol–water partition coefficient (Wildman–Crippen LogP) is 3.88. The lowest BCUT2D eigenvalue weighted by atomic mass is 10.2. The van der Waals surface area contributed by atoms with Crippen LogP contribution in [0.1, 0.15) is 13.3 Å². The molecule has 0 unspecified atom stereocenters. The van der Waals surface area contributed by atoms with Gasteiger partial charge in [0.15, 0.2) is 5.82 Å². The highest BCUT2D eigenvalue weighted by Crippen LogP contribution is 2.29. The summed E-state index contributed by atoms with van der Waals surface area (Å²) in [5, 5.41) is 0. The van der Waals surface area contributed by atoms with Crippen molar-refractivity contribution in [1.82, 2.24) is 9.97 Å². The minimum absolute atomic E-state index is 0.177. The Labute approximate surface area is 158 Å². The predicted molar refractivity (Wildman–Crippen MR) is 106 cm³/mol. The molecule has 1 aliphatic heterocycles. The van der Waals surface area contributed by atoms with Crippen LogP contribution in [0, 0.1) is 5.82 Å². The molecule has 2 aromatic carbocycles. The Kier molecular flexibility index (Phi) is 5.05. The van der Waals surface area contributed by atoms with Crippen LogP contribution in [0.3, 0.4) is 0 Å². The Bertz CT molecular complexity index is 925. The molecule has 2 heterocycles. The molecule has 3 aromatic rings. The molecule has 0 bridgehead atoms. The maximum Gasteiger partial charge on any atom is 0.258 e. The molecule has 1 aliphatic rings. The minimum Gasteiger partial charge on any atom is -0.475 e. The van der Waals surface area contributed by atoms with Crippen LogP contribution in [0.5, 0.6) is 5.88 Å². The van der Waals surface area contributed by atoms with Crippen LogP contribution in [0.2, 0.25) is 0 Å². The molecule has 0 amide bonds. The third kappa shape index (κ3) is 3.65. The summed E-state index contributed by atoms with van der Waals surface area (Å²) >= 11 is 0. The van der Waals surface area contributed by atoms with Gasteiger partial charge in [0.1, 0.15) is 5.82 Å². The van der Waals surface area contributed by atoms with Gasteiger partial charge in [0.25, 0.3) is 5.88 Å². The van der Waals surface area contributed by atoms with Crippen molar-refractivity contribution < 1.29 is 9.13 Å². The number of benzene rings is 2. The fourth-order valence-electron chi connectivity index (χ4n) is 3.34. The van der Waals surface area contributed by atoms with Crippen LogP contribution >= 0.6 is 0 Å². The van der Waals surface area contributed by atoms with Crippen LogP contribution < -0.4 is 14.5 Å². The summed E-state index contributed by atoms with van der Waals surface area (Å²) in [6.45, 7) is 5.61. The number of rotatable bonds is 5. The summed E-state index contributed by atoms with van der Waals surface area (Å²) in [7, 11) is 0. The molecule has 0 spiro atoms. The molecule has 0 N–H and O–H groups in total. The highest BCUT2D eigenvalue weighted by molar-refractivity contribution is 5.77.